The normalized spacial score (nSPS) is 27.3. The van der Waals surface area contributed by atoms with Gasteiger partial charge in [0.1, 0.15) is 11.5 Å². The van der Waals surface area contributed by atoms with Gasteiger partial charge in [-0.05, 0) is 37.3 Å². The fourth-order valence-corrected chi connectivity index (χ4v) is 3.89. The van der Waals surface area contributed by atoms with E-state index in [4.69, 9.17) is 0 Å². The van der Waals surface area contributed by atoms with E-state index in [-0.39, 0.29) is 34.7 Å². The van der Waals surface area contributed by atoms with Gasteiger partial charge in [0.2, 0.25) is 0 Å². The third-order valence-electron chi connectivity index (χ3n) is 5.10. The minimum atomic E-state index is -1.40. The lowest BCUT2D eigenvalue weighted by atomic mass is 9.64. The van der Waals surface area contributed by atoms with Gasteiger partial charge in [-0.1, -0.05) is 45.0 Å². The Morgan fingerprint density at radius 2 is 1.64 bits per heavy atom. The summed E-state index contributed by atoms with van der Waals surface area (Å²) in [7, 11) is 0. The Bertz CT molecular complexity index is 717. The monoisotopic (exact) mass is 344 g/mol. The summed E-state index contributed by atoms with van der Waals surface area (Å²) in [6, 6.07) is 7.73. The minimum Gasteiger partial charge on any atom is -0.512 e. The Kier molecular flexibility index (Phi) is 4.97. The molecule has 4 heteroatoms. The van der Waals surface area contributed by atoms with E-state index in [1.54, 1.807) is 6.92 Å². The van der Waals surface area contributed by atoms with E-state index in [2.05, 4.69) is 20.8 Å². The highest BCUT2D eigenvalue weighted by molar-refractivity contribution is 5.97. The van der Waals surface area contributed by atoms with Crippen molar-refractivity contribution in [2.45, 2.75) is 64.9 Å². The predicted octanol–water partition coefficient (Wildman–Crippen LogP) is 3.83. The second kappa shape index (κ2) is 6.41. The maximum atomic E-state index is 12.3. The molecule has 1 aliphatic carbocycles. The number of hydrogen-bond donors (Lipinski definition) is 2. The van der Waals surface area contributed by atoms with E-state index in [1.807, 2.05) is 24.3 Å². The highest BCUT2D eigenvalue weighted by Crippen LogP contribution is 2.47. The molecule has 0 aromatic heterocycles. The van der Waals surface area contributed by atoms with Crippen molar-refractivity contribution in [3.63, 3.8) is 0 Å². The number of rotatable bonds is 3. The summed E-state index contributed by atoms with van der Waals surface area (Å²) in [6.07, 6.45) is -0.0945. The van der Waals surface area contributed by atoms with Crippen LogP contribution in [-0.4, -0.2) is 27.4 Å². The van der Waals surface area contributed by atoms with Gasteiger partial charge in [-0.3, -0.25) is 9.59 Å². The number of carbonyl (C=O) groups excluding carboxylic acids is 2. The number of benzene rings is 1. The van der Waals surface area contributed by atoms with Crippen LogP contribution in [0.25, 0.3) is 0 Å². The van der Waals surface area contributed by atoms with Crippen LogP contribution in [0.5, 0.6) is 0 Å². The molecule has 0 spiro atoms. The molecule has 1 aliphatic rings. The Morgan fingerprint density at radius 3 is 2.04 bits per heavy atom. The first kappa shape index (κ1) is 19.4. The molecule has 25 heavy (non-hydrogen) atoms. The van der Waals surface area contributed by atoms with Crippen LogP contribution in [0.3, 0.4) is 0 Å². The summed E-state index contributed by atoms with van der Waals surface area (Å²) in [4.78, 5) is 24.5. The highest BCUT2D eigenvalue weighted by Gasteiger charge is 2.49. The maximum Gasteiger partial charge on any atom is 0.159 e. The molecule has 0 bridgehead atoms. The molecular weight excluding hydrogens is 316 g/mol. The van der Waals surface area contributed by atoms with Gasteiger partial charge >= 0.3 is 0 Å². The van der Waals surface area contributed by atoms with Crippen LogP contribution in [0.1, 0.15) is 65.0 Å². The van der Waals surface area contributed by atoms with Gasteiger partial charge in [0.05, 0.1) is 11.5 Å². The second-order valence-electron chi connectivity index (χ2n) is 8.39. The molecule has 0 saturated carbocycles. The first-order valence-corrected chi connectivity index (χ1v) is 8.62. The summed E-state index contributed by atoms with van der Waals surface area (Å²) >= 11 is 0. The molecule has 0 radical (unpaired) electrons. The van der Waals surface area contributed by atoms with Crippen molar-refractivity contribution in [1.29, 1.82) is 0 Å². The zero-order chi connectivity index (χ0) is 19.2. The van der Waals surface area contributed by atoms with Gasteiger partial charge in [0.15, 0.2) is 5.78 Å². The Hall–Kier alpha value is -1.94. The van der Waals surface area contributed by atoms with E-state index in [1.165, 1.54) is 13.8 Å². The quantitative estimate of drug-likeness (QED) is 0.874. The standard InChI is InChI=1S/C21H28O4/c1-12(22)17-16(24)11-21(6,25)19(13(2)23)18(17)14-7-9-15(10-8-14)20(3,4)5/h7-10,18-19,24-25H,11H2,1-6H3/t18-,19+,21+/m1/s1. The van der Waals surface area contributed by atoms with Crippen LogP contribution in [0.4, 0.5) is 0 Å². The number of aliphatic hydroxyl groups is 2. The highest BCUT2D eigenvalue weighted by atomic mass is 16.3. The van der Waals surface area contributed by atoms with Crippen molar-refractivity contribution in [2.24, 2.45) is 5.92 Å². The van der Waals surface area contributed by atoms with Crippen LogP contribution in [0, 0.1) is 5.92 Å². The molecule has 3 atom stereocenters. The first-order valence-electron chi connectivity index (χ1n) is 8.62. The molecule has 0 unspecified atom stereocenters. The molecule has 0 aliphatic heterocycles. The summed E-state index contributed by atoms with van der Waals surface area (Å²) < 4.78 is 0. The van der Waals surface area contributed by atoms with Gasteiger partial charge in [-0.2, -0.15) is 0 Å². The molecule has 136 valence electrons. The van der Waals surface area contributed by atoms with E-state index >= 15 is 0 Å². The number of allylic oxidation sites excluding steroid dienone is 1. The van der Waals surface area contributed by atoms with Crippen molar-refractivity contribution in [3.05, 3.63) is 46.7 Å². The molecule has 4 nitrogen and oxygen atoms in total. The Morgan fingerprint density at radius 1 is 1.12 bits per heavy atom. The third kappa shape index (κ3) is 3.69. The summed E-state index contributed by atoms with van der Waals surface area (Å²) in [5, 5.41) is 21.1. The second-order valence-corrected chi connectivity index (χ2v) is 8.39. The summed E-state index contributed by atoms with van der Waals surface area (Å²) in [5.41, 5.74) is 0.705. The maximum absolute atomic E-state index is 12.3. The number of hydrogen-bond acceptors (Lipinski definition) is 4. The van der Waals surface area contributed by atoms with E-state index in [9.17, 15) is 19.8 Å². The van der Waals surface area contributed by atoms with Crippen molar-refractivity contribution >= 4 is 11.6 Å². The van der Waals surface area contributed by atoms with E-state index in [0.29, 0.717) is 0 Å². The van der Waals surface area contributed by atoms with Crippen LogP contribution in [-0.2, 0) is 15.0 Å². The van der Waals surface area contributed by atoms with Gasteiger partial charge in [0.25, 0.3) is 0 Å². The average molecular weight is 344 g/mol. The number of aliphatic hydroxyl groups excluding tert-OH is 1. The van der Waals surface area contributed by atoms with Gasteiger partial charge in [-0.25, -0.2) is 0 Å². The van der Waals surface area contributed by atoms with Crippen molar-refractivity contribution in [1.82, 2.24) is 0 Å². The average Bonchev–Trinajstić information content (AvgIpc) is 2.43. The SMILES string of the molecule is CC(=O)C1=C(O)C[C@](C)(O)[C@@H](C(C)=O)[C@@H]1c1ccc(C(C)(C)C)cc1. The molecule has 0 saturated heterocycles. The van der Waals surface area contributed by atoms with E-state index < -0.39 is 17.4 Å². The molecule has 1 aromatic rings. The topological polar surface area (TPSA) is 74.6 Å². The van der Waals surface area contributed by atoms with Crippen LogP contribution in [0.2, 0.25) is 0 Å². The number of ketones is 2. The molecule has 2 rings (SSSR count). The van der Waals surface area contributed by atoms with Crippen molar-refractivity contribution < 1.29 is 19.8 Å². The summed E-state index contributed by atoms with van der Waals surface area (Å²) in [5.74, 6) is -2.01. The third-order valence-corrected chi connectivity index (χ3v) is 5.10. The number of carbonyl (C=O) groups is 2. The minimum absolute atomic E-state index is 0.0159. The molecular formula is C21H28O4. The molecule has 0 amide bonds. The van der Waals surface area contributed by atoms with Crippen LogP contribution >= 0.6 is 0 Å². The Labute approximate surface area is 149 Å². The first-order chi connectivity index (χ1) is 11.4. The Balaban J connectivity index is 2.64. The van der Waals surface area contributed by atoms with Crippen molar-refractivity contribution in [3.8, 4) is 0 Å². The van der Waals surface area contributed by atoms with Gasteiger partial charge in [0, 0.05) is 17.9 Å². The summed E-state index contributed by atoms with van der Waals surface area (Å²) in [6.45, 7) is 10.7. The molecule has 0 heterocycles. The molecule has 2 N–H and O–H groups in total. The van der Waals surface area contributed by atoms with Crippen LogP contribution in [0.15, 0.2) is 35.6 Å². The smallest absolute Gasteiger partial charge is 0.159 e. The zero-order valence-electron chi connectivity index (χ0n) is 15.9. The van der Waals surface area contributed by atoms with Crippen molar-refractivity contribution in [2.75, 3.05) is 0 Å². The van der Waals surface area contributed by atoms with Crippen LogP contribution < -0.4 is 0 Å². The predicted molar refractivity (Wildman–Crippen MR) is 97.6 cm³/mol. The fraction of sp³-hybridized carbons (Fsp3) is 0.524. The lowest BCUT2D eigenvalue weighted by Crippen LogP contribution is -2.47. The lowest BCUT2D eigenvalue weighted by Gasteiger charge is -2.42. The van der Waals surface area contributed by atoms with E-state index in [0.717, 1.165) is 11.1 Å². The van der Waals surface area contributed by atoms with Gasteiger partial charge < -0.3 is 10.2 Å². The lowest BCUT2D eigenvalue weighted by molar-refractivity contribution is -0.132. The molecule has 0 fully saturated rings. The fourth-order valence-electron chi connectivity index (χ4n) is 3.89. The largest absolute Gasteiger partial charge is 0.512 e. The zero-order valence-corrected chi connectivity index (χ0v) is 15.9. The number of Topliss-reactive ketones (excluding diaryl/α,β-unsaturated/α-hetero) is 2. The van der Waals surface area contributed by atoms with Gasteiger partial charge in [-0.15, -0.1) is 0 Å². The molecule has 1 aromatic carbocycles.